The van der Waals surface area contributed by atoms with Crippen molar-refractivity contribution in [2.24, 2.45) is 0 Å². The second kappa shape index (κ2) is 9.22. The van der Waals surface area contributed by atoms with E-state index in [9.17, 15) is 0 Å². The summed E-state index contributed by atoms with van der Waals surface area (Å²) in [4.78, 5) is 0. The minimum absolute atomic E-state index is 0.00577. The van der Waals surface area contributed by atoms with Crippen LogP contribution in [0.4, 0.5) is 0 Å². The fraction of sp³-hybridized carbons (Fsp3) is 0.200. The molecule has 40 heavy (non-hydrogen) atoms. The van der Waals surface area contributed by atoms with Gasteiger partial charge in [0, 0.05) is 0 Å². The van der Waals surface area contributed by atoms with E-state index in [0.717, 1.165) is 12.8 Å². The molecule has 0 amide bonds. The molecular weight excluding hydrogens is 611 g/mol. The molecule has 2 heterocycles. The number of hydrogen-bond donors (Lipinski definition) is 0. The predicted molar refractivity (Wildman–Crippen MR) is 166 cm³/mol. The van der Waals surface area contributed by atoms with Gasteiger partial charge in [-0.1, -0.05) is 0 Å². The molecule has 8 rings (SSSR count). The number of benzene rings is 3. The molecule has 5 aromatic rings. The molecule has 0 saturated heterocycles. The molecule has 198 valence electrons. The molecule has 0 fully saturated rings. The summed E-state index contributed by atoms with van der Waals surface area (Å²) in [6.45, 7) is 4.34. The van der Waals surface area contributed by atoms with Gasteiger partial charge in [0.05, 0.1) is 0 Å². The van der Waals surface area contributed by atoms with Crippen molar-refractivity contribution in [1.29, 1.82) is 0 Å². The molecule has 0 bridgehead atoms. The topological polar surface area (TPSA) is 9.86 Å². The Bertz CT molecular complexity index is 1900. The zero-order valence-corrected chi connectivity index (χ0v) is 26.6. The van der Waals surface area contributed by atoms with E-state index in [2.05, 4.69) is 120 Å². The van der Waals surface area contributed by atoms with Gasteiger partial charge < -0.3 is 0 Å². The first-order chi connectivity index (χ1) is 19.4. The Morgan fingerprint density at radius 2 is 1.38 bits per heavy atom. The summed E-state index contributed by atoms with van der Waals surface area (Å²) in [7, 11) is 16.2. The minimum atomic E-state index is -4.21. The summed E-state index contributed by atoms with van der Waals surface area (Å²) in [6, 6.07) is 28.6. The van der Waals surface area contributed by atoms with Gasteiger partial charge in [-0.3, -0.25) is 0 Å². The Labute approximate surface area is 247 Å². The van der Waals surface area contributed by atoms with Crippen molar-refractivity contribution in [3.8, 4) is 0 Å². The molecule has 2 atom stereocenters. The van der Waals surface area contributed by atoms with E-state index in [4.69, 9.17) is 17.0 Å². The number of nitrogens with zero attached hydrogens (tertiary/aromatic N) is 2. The SMILES string of the molecule is Cc1cc(C)n(C2=Cc3ccccc3[CH]2[Zr]([Cl])([Cl])[CH]2C(n3c4c(c5ccccc53)CCC4)=Cc3ccccc32)c1. The Kier molecular flexibility index (Phi) is 5.80. The predicted octanol–water partition coefficient (Wildman–Crippen LogP) is 9.82. The van der Waals surface area contributed by atoms with Crippen LogP contribution < -0.4 is 0 Å². The van der Waals surface area contributed by atoms with E-state index in [0.29, 0.717) is 0 Å². The monoisotopic (exact) mass is 638 g/mol. The molecule has 0 spiro atoms. The summed E-state index contributed by atoms with van der Waals surface area (Å²) in [5.41, 5.74) is 14.2. The van der Waals surface area contributed by atoms with Crippen molar-refractivity contribution in [2.75, 3.05) is 0 Å². The quantitative estimate of drug-likeness (QED) is 0.185. The Balaban J connectivity index is 1.36. The van der Waals surface area contributed by atoms with Crippen LogP contribution in [0.3, 0.4) is 0 Å². The van der Waals surface area contributed by atoms with Gasteiger partial charge in [-0.15, -0.1) is 0 Å². The number of fused-ring (bicyclic) bond motifs is 5. The van der Waals surface area contributed by atoms with Gasteiger partial charge in [-0.25, -0.2) is 0 Å². The number of para-hydroxylation sites is 1. The van der Waals surface area contributed by atoms with E-state index in [-0.39, 0.29) is 7.25 Å². The van der Waals surface area contributed by atoms with Crippen LogP contribution in [0.1, 0.15) is 58.4 Å². The molecular formula is C35H30Cl2N2Zr. The molecule has 0 aliphatic heterocycles. The standard InChI is InChI=1S/C20H16N.C15H14N.2ClH.Zr/c1-2-7-15-13-16(12-14(15)6-1)21-19-10-4-3-8-17(19)18-9-5-11-20(18)21;1-11-7-12(2)16(10-11)15-8-13-5-3-4-6-14(13)9-15;;;/h1-4,6-8,10,12-13H,5,9,11H2;3-10H,1-2H3;2*1H;/q;;;;+2/p-2. The summed E-state index contributed by atoms with van der Waals surface area (Å²) < 4.78 is 4.87. The number of rotatable bonds is 4. The van der Waals surface area contributed by atoms with Gasteiger partial charge in [0.1, 0.15) is 0 Å². The van der Waals surface area contributed by atoms with E-state index in [1.54, 1.807) is 0 Å². The van der Waals surface area contributed by atoms with E-state index in [1.807, 2.05) is 0 Å². The summed E-state index contributed by atoms with van der Waals surface area (Å²) >= 11 is -4.21. The average Bonchev–Trinajstić information content (AvgIpc) is 3.75. The second-order valence-electron chi connectivity index (χ2n) is 11.6. The van der Waals surface area contributed by atoms with Crippen LogP contribution in [-0.2, 0) is 30.7 Å². The second-order valence-corrected chi connectivity index (χ2v) is 26.3. The molecule has 0 N–H and O–H groups in total. The number of allylic oxidation sites excluding steroid dienone is 2. The van der Waals surface area contributed by atoms with E-state index in [1.165, 1.54) is 73.5 Å². The molecule has 0 saturated carbocycles. The van der Waals surface area contributed by atoms with Crippen LogP contribution in [-0.4, -0.2) is 9.13 Å². The molecule has 2 nitrogen and oxygen atoms in total. The van der Waals surface area contributed by atoms with Crippen molar-refractivity contribution in [3.05, 3.63) is 130 Å². The van der Waals surface area contributed by atoms with Crippen LogP contribution in [0.2, 0.25) is 0 Å². The van der Waals surface area contributed by atoms with Gasteiger partial charge in [0.25, 0.3) is 0 Å². The maximum absolute atomic E-state index is 8.09. The Morgan fingerprint density at radius 3 is 2.08 bits per heavy atom. The number of halogens is 2. The summed E-state index contributed by atoms with van der Waals surface area (Å²) in [5, 5.41) is 1.38. The van der Waals surface area contributed by atoms with Crippen LogP contribution >= 0.6 is 17.0 Å². The van der Waals surface area contributed by atoms with Gasteiger partial charge in [-0.05, 0) is 0 Å². The zero-order chi connectivity index (χ0) is 27.2. The fourth-order valence-electron chi connectivity index (χ4n) is 7.64. The molecule has 3 aliphatic carbocycles. The van der Waals surface area contributed by atoms with Gasteiger partial charge in [-0.2, -0.15) is 0 Å². The molecule has 3 aliphatic rings. The molecule has 2 aromatic heterocycles. The van der Waals surface area contributed by atoms with E-state index >= 15 is 0 Å². The Morgan fingerprint density at radius 1 is 0.750 bits per heavy atom. The number of hydrogen-bond acceptors (Lipinski definition) is 0. The van der Waals surface area contributed by atoms with Crippen molar-refractivity contribution in [2.45, 2.75) is 40.4 Å². The van der Waals surface area contributed by atoms with Crippen molar-refractivity contribution < 1.29 is 17.9 Å². The summed E-state index contributed by atoms with van der Waals surface area (Å²) in [5.74, 6) is 0. The molecule has 2 unspecified atom stereocenters. The van der Waals surface area contributed by atoms with Gasteiger partial charge >= 0.3 is 249 Å². The Hall–Kier alpha value is -2.58. The first-order valence-corrected chi connectivity index (χ1v) is 23.4. The zero-order valence-electron chi connectivity index (χ0n) is 22.7. The van der Waals surface area contributed by atoms with Crippen LogP contribution in [0.5, 0.6) is 0 Å². The van der Waals surface area contributed by atoms with Crippen molar-refractivity contribution in [3.63, 3.8) is 0 Å². The van der Waals surface area contributed by atoms with Crippen LogP contribution in [0, 0.1) is 13.8 Å². The van der Waals surface area contributed by atoms with Crippen molar-refractivity contribution >= 4 is 51.5 Å². The third-order valence-electron chi connectivity index (χ3n) is 9.20. The third kappa shape index (κ3) is 3.57. The first-order valence-electron chi connectivity index (χ1n) is 14.2. The average molecular weight is 641 g/mol. The maximum atomic E-state index is 8.09. The first kappa shape index (κ1) is 25.2. The normalized spacial score (nSPS) is 19.5. The number of aromatic nitrogens is 2. The summed E-state index contributed by atoms with van der Waals surface area (Å²) in [6.07, 6.45) is 10.4. The molecule has 0 radical (unpaired) electrons. The number of aryl methyl sites for hydroxylation is 3. The van der Waals surface area contributed by atoms with Gasteiger partial charge in [0.15, 0.2) is 0 Å². The third-order valence-corrected chi connectivity index (χ3v) is 21.1. The fourth-order valence-corrected chi connectivity index (χ4v) is 20.2. The van der Waals surface area contributed by atoms with Gasteiger partial charge in [0.2, 0.25) is 0 Å². The van der Waals surface area contributed by atoms with Crippen LogP contribution in [0.15, 0.2) is 85.1 Å². The van der Waals surface area contributed by atoms with Crippen molar-refractivity contribution in [1.82, 2.24) is 9.13 Å². The molecule has 5 heteroatoms. The van der Waals surface area contributed by atoms with Crippen LogP contribution in [0.25, 0.3) is 34.4 Å². The molecule has 3 aromatic carbocycles. The van der Waals surface area contributed by atoms with E-state index < -0.39 is 17.9 Å².